The van der Waals surface area contributed by atoms with Crippen molar-refractivity contribution < 1.29 is 28.6 Å². The van der Waals surface area contributed by atoms with E-state index in [1.54, 1.807) is 4.90 Å². The largest absolute Gasteiger partial charge is 0.468 e. The molecule has 2 N–H and O–H groups in total. The molecule has 3 aromatic carbocycles. The number of ether oxygens (including phenoxy) is 3. The van der Waals surface area contributed by atoms with Crippen molar-refractivity contribution in [3.8, 4) is 11.1 Å². The minimum absolute atomic E-state index is 0.0604. The monoisotopic (exact) mass is 595 g/mol. The molecule has 3 aliphatic heterocycles. The molecule has 0 saturated carbocycles. The Kier molecular flexibility index (Phi) is 6.69. The molecule has 1 spiro atoms. The molecule has 3 aromatic rings. The van der Waals surface area contributed by atoms with Crippen LogP contribution in [0.15, 0.2) is 72.8 Å². The third-order valence-corrected chi connectivity index (χ3v) is 9.53. The molecule has 9 nitrogen and oxygen atoms in total. The quantitative estimate of drug-likeness (QED) is 0.316. The molecular formula is C35H37N3O6. The van der Waals surface area contributed by atoms with Crippen molar-refractivity contribution in [1.82, 2.24) is 10.2 Å². The molecule has 44 heavy (non-hydrogen) atoms. The summed E-state index contributed by atoms with van der Waals surface area (Å²) in [5.74, 6) is -0.909. The highest BCUT2D eigenvalue weighted by Gasteiger charge is 2.69. The van der Waals surface area contributed by atoms with Crippen molar-refractivity contribution in [2.24, 2.45) is 0 Å². The summed E-state index contributed by atoms with van der Waals surface area (Å²) in [6.07, 6.45) is -0.724. The second-order valence-corrected chi connectivity index (χ2v) is 13.1. The van der Waals surface area contributed by atoms with Gasteiger partial charge in [-0.3, -0.25) is 19.8 Å². The van der Waals surface area contributed by atoms with Gasteiger partial charge < -0.3 is 19.5 Å². The Balaban J connectivity index is 1.23. The van der Waals surface area contributed by atoms with E-state index >= 15 is 0 Å². The summed E-state index contributed by atoms with van der Waals surface area (Å²) in [7, 11) is 1.37. The fourth-order valence-electron chi connectivity index (χ4n) is 7.98. The maximum Gasteiger partial charge on any atom is 0.411 e. The van der Waals surface area contributed by atoms with Crippen molar-refractivity contribution >= 4 is 23.7 Å². The van der Waals surface area contributed by atoms with Crippen LogP contribution >= 0.6 is 0 Å². The van der Waals surface area contributed by atoms with Gasteiger partial charge in [-0.05, 0) is 61.1 Å². The average molecular weight is 596 g/mol. The van der Waals surface area contributed by atoms with Crippen molar-refractivity contribution in [1.29, 1.82) is 0 Å². The van der Waals surface area contributed by atoms with Gasteiger partial charge in [0.25, 0.3) is 0 Å². The van der Waals surface area contributed by atoms with Crippen LogP contribution in [-0.2, 0) is 29.2 Å². The summed E-state index contributed by atoms with van der Waals surface area (Å²) in [5.41, 5.74) is 5.04. The molecule has 0 bridgehead atoms. The number of para-hydroxylation sites is 1. The van der Waals surface area contributed by atoms with E-state index in [4.69, 9.17) is 14.2 Å². The van der Waals surface area contributed by atoms with Crippen molar-refractivity contribution in [3.05, 3.63) is 89.5 Å². The van der Waals surface area contributed by atoms with Crippen LogP contribution in [0, 0.1) is 0 Å². The third-order valence-electron chi connectivity index (χ3n) is 9.53. The predicted molar refractivity (Wildman–Crippen MR) is 164 cm³/mol. The zero-order valence-electron chi connectivity index (χ0n) is 25.3. The normalized spacial score (nSPS) is 26.1. The minimum atomic E-state index is -0.694. The maximum atomic E-state index is 14.3. The zero-order chi connectivity index (χ0) is 30.8. The van der Waals surface area contributed by atoms with Crippen molar-refractivity contribution in [2.75, 3.05) is 19.0 Å². The number of nitrogens with one attached hydrogen (secondary N) is 2. The Morgan fingerprint density at radius 1 is 0.932 bits per heavy atom. The number of nitrogens with zero attached hydrogens (tertiary/aromatic N) is 1. The molecule has 7 rings (SSSR count). The summed E-state index contributed by atoms with van der Waals surface area (Å²) < 4.78 is 17.0. The minimum Gasteiger partial charge on any atom is -0.468 e. The number of likely N-dealkylation sites (tertiary alicyclic amines) is 1. The number of carbonyl (C=O) groups is 3. The van der Waals surface area contributed by atoms with Gasteiger partial charge in [-0.2, -0.15) is 0 Å². The van der Waals surface area contributed by atoms with Crippen LogP contribution in [0.3, 0.4) is 0 Å². The van der Waals surface area contributed by atoms with E-state index in [-0.39, 0.29) is 24.9 Å². The first-order chi connectivity index (χ1) is 21.1. The lowest BCUT2D eigenvalue weighted by atomic mass is 9.73. The van der Waals surface area contributed by atoms with Crippen molar-refractivity contribution in [3.63, 3.8) is 0 Å². The lowest BCUT2D eigenvalue weighted by molar-refractivity contribution is -0.156. The maximum absolute atomic E-state index is 14.3. The summed E-state index contributed by atoms with van der Waals surface area (Å²) in [6, 6.07) is 22.7. The third kappa shape index (κ3) is 4.36. The fourth-order valence-corrected chi connectivity index (χ4v) is 7.98. The molecule has 9 heteroatoms. The topological polar surface area (TPSA) is 106 Å². The van der Waals surface area contributed by atoms with E-state index in [0.29, 0.717) is 6.42 Å². The number of hydrogen-bond donors (Lipinski definition) is 2. The second kappa shape index (κ2) is 10.4. The summed E-state index contributed by atoms with van der Waals surface area (Å²) in [5, 5.41) is 7.02. The number of carbonyl (C=O) groups excluding carboxylic acids is 3. The Morgan fingerprint density at radius 2 is 1.57 bits per heavy atom. The predicted octanol–water partition coefficient (Wildman–Crippen LogP) is 4.94. The molecule has 0 unspecified atom stereocenters. The van der Waals surface area contributed by atoms with Crippen LogP contribution in [0.4, 0.5) is 10.5 Å². The molecule has 1 amide bonds. The van der Waals surface area contributed by atoms with Crippen LogP contribution in [0.5, 0.6) is 0 Å². The van der Waals surface area contributed by atoms with Gasteiger partial charge in [0.1, 0.15) is 24.4 Å². The molecule has 0 radical (unpaired) electrons. The Morgan fingerprint density at radius 3 is 2.23 bits per heavy atom. The van der Waals surface area contributed by atoms with Gasteiger partial charge in [-0.15, -0.1) is 0 Å². The first-order valence-corrected chi connectivity index (χ1v) is 15.2. The van der Waals surface area contributed by atoms with E-state index in [9.17, 15) is 14.4 Å². The lowest BCUT2D eigenvalue weighted by Gasteiger charge is -2.33. The van der Waals surface area contributed by atoms with Gasteiger partial charge >= 0.3 is 18.0 Å². The molecular weight excluding hydrogens is 558 g/mol. The molecule has 4 aliphatic rings. The van der Waals surface area contributed by atoms with Crippen LogP contribution < -0.4 is 10.6 Å². The summed E-state index contributed by atoms with van der Waals surface area (Å²) in [6.45, 7) is 5.60. The van der Waals surface area contributed by atoms with E-state index in [2.05, 4.69) is 34.9 Å². The van der Waals surface area contributed by atoms with Crippen LogP contribution in [0.25, 0.3) is 11.1 Å². The number of esters is 2. The SMILES string of the molecule is COC(=O)[C@@H]1C[C@]23c4ccccc4N[C@H]2N(C(=O)OCC2c4ccccc4-c4ccccc42)[C@@H](CC(=O)OC(C)(C)C)[C@@H]3N1. The second-order valence-electron chi connectivity index (χ2n) is 13.1. The van der Waals surface area contributed by atoms with E-state index in [1.807, 2.05) is 69.3 Å². The highest BCUT2D eigenvalue weighted by atomic mass is 16.6. The van der Waals surface area contributed by atoms with Crippen LogP contribution in [-0.4, -0.2) is 66.5 Å². The molecule has 2 saturated heterocycles. The highest BCUT2D eigenvalue weighted by Crippen LogP contribution is 2.57. The van der Waals surface area contributed by atoms with Crippen LogP contribution in [0.1, 0.15) is 56.2 Å². The Hall–Kier alpha value is -4.37. The highest BCUT2D eigenvalue weighted by molar-refractivity contribution is 5.82. The first-order valence-electron chi connectivity index (χ1n) is 15.2. The number of anilines is 1. The number of amides is 1. The zero-order valence-corrected chi connectivity index (χ0v) is 25.3. The standard InChI is InChI=1S/C35H37N3O6/c1-34(2,3)44-29(39)17-28-30-35(18-27(36-30)31(40)42-4)25-15-9-10-16-26(25)37-32(35)38(28)33(41)43-19-24-22-13-7-5-11-20(22)21-12-6-8-14-23(21)24/h5-16,24,27-28,30,32,36-37H,17-19H2,1-4H3/t27-,28-,30-,32-,35+/m0/s1. The fraction of sp³-hybridized carbons (Fsp3) is 0.400. The molecule has 3 heterocycles. The molecule has 1 aliphatic carbocycles. The number of benzene rings is 3. The average Bonchev–Trinajstić information content (AvgIpc) is 3.70. The molecule has 228 valence electrons. The number of rotatable bonds is 5. The van der Waals surface area contributed by atoms with Gasteiger partial charge in [0.15, 0.2) is 0 Å². The van der Waals surface area contributed by atoms with Gasteiger partial charge in [-0.25, -0.2) is 4.79 Å². The van der Waals surface area contributed by atoms with Gasteiger partial charge in [0.2, 0.25) is 0 Å². The summed E-state index contributed by atoms with van der Waals surface area (Å²) in [4.78, 5) is 42.1. The lowest BCUT2D eigenvalue weighted by Crippen LogP contribution is -2.52. The van der Waals surface area contributed by atoms with E-state index in [1.165, 1.54) is 7.11 Å². The smallest absolute Gasteiger partial charge is 0.411 e. The van der Waals surface area contributed by atoms with Crippen LogP contribution in [0.2, 0.25) is 0 Å². The van der Waals surface area contributed by atoms with Gasteiger partial charge in [-0.1, -0.05) is 66.7 Å². The molecule has 5 atom stereocenters. The molecule has 2 fully saturated rings. The van der Waals surface area contributed by atoms with E-state index in [0.717, 1.165) is 33.5 Å². The summed E-state index contributed by atoms with van der Waals surface area (Å²) >= 11 is 0. The van der Waals surface area contributed by atoms with Crippen molar-refractivity contribution in [2.45, 2.75) is 74.8 Å². The number of fused-ring (bicyclic) bond motifs is 4. The number of methoxy groups -OCH3 is 1. The number of hydrogen-bond acceptors (Lipinski definition) is 8. The first kappa shape index (κ1) is 28.4. The Bertz CT molecular complexity index is 1600. The van der Waals surface area contributed by atoms with E-state index < -0.39 is 47.4 Å². The van der Waals surface area contributed by atoms with Gasteiger partial charge in [0.05, 0.1) is 25.0 Å². The van der Waals surface area contributed by atoms with Gasteiger partial charge in [0, 0.05) is 17.6 Å². The molecule has 0 aromatic heterocycles. The Labute approximate surface area is 256 Å².